The van der Waals surface area contributed by atoms with Gasteiger partial charge in [0.1, 0.15) is 5.82 Å². The molecule has 0 fully saturated rings. The molecule has 146 valence electrons. The molecule has 5 nitrogen and oxygen atoms in total. The van der Waals surface area contributed by atoms with E-state index in [1.807, 2.05) is 6.92 Å². The van der Waals surface area contributed by atoms with Crippen LogP contribution < -0.4 is 0 Å². The van der Waals surface area contributed by atoms with Crippen molar-refractivity contribution in [3.8, 4) is 5.75 Å². The van der Waals surface area contributed by atoms with Crippen molar-refractivity contribution in [3.63, 3.8) is 0 Å². The molecule has 7 heteroatoms. The van der Waals surface area contributed by atoms with Crippen molar-refractivity contribution >= 4 is 22.8 Å². The average Bonchev–Trinajstić information content (AvgIpc) is 2.91. The van der Waals surface area contributed by atoms with Crippen molar-refractivity contribution in [1.82, 2.24) is 4.57 Å². The van der Waals surface area contributed by atoms with Gasteiger partial charge >= 0.3 is 5.97 Å². The van der Waals surface area contributed by atoms with Gasteiger partial charge in [0.15, 0.2) is 11.6 Å². The molecule has 3 rings (SSSR count). The molecule has 1 aromatic heterocycles. The first-order valence-electron chi connectivity index (χ1n) is 8.82. The summed E-state index contributed by atoms with van der Waals surface area (Å²) in [6, 6.07) is 7.04. The maximum absolute atomic E-state index is 14.1. The standard InChI is InChI=1S/C21H19F2NO4/c1-3-4-14(21(27)28)19-11(2)24(17-10-16(23)18(25)9-15(17)19)20(26)12-5-7-13(22)8-6-12/h5-10,14,25H,3-4H2,1-2H3,(H,27,28). The number of phenolic OH excluding ortho intramolecular Hbond substituents is 1. The highest BCUT2D eigenvalue weighted by Crippen LogP contribution is 2.37. The molecule has 0 bridgehead atoms. The molecule has 0 amide bonds. The fourth-order valence-electron chi connectivity index (χ4n) is 3.55. The minimum absolute atomic E-state index is 0.152. The molecule has 1 atom stereocenters. The van der Waals surface area contributed by atoms with Crippen LogP contribution in [0.5, 0.6) is 5.75 Å². The zero-order valence-electron chi connectivity index (χ0n) is 15.4. The highest BCUT2D eigenvalue weighted by Gasteiger charge is 2.29. The number of carbonyl (C=O) groups is 2. The number of aromatic nitrogens is 1. The number of benzene rings is 2. The third-order valence-corrected chi connectivity index (χ3v) is 4.84. The Morgan fingerprint density at radius 3 is 2.36 bits per heavy atom. The van der Waals surface area contributed by atoms with E-state index in [1.54, 1.807) is 6.92 Å². The number of carbonyl (C=O) groups excluding carboxylic acids is 1. The molecule has 0 aliphatic carbocycles. The lowest BCUT2D eigenvalue weighted by atomic mass is 9.92. The third kappa shape index (κ3) is 3.24. The maximum atomic E-state index is 14.1. The molecule has 0 saturated heterocycles. The van der Waals surface area contributed by atoms with Crippen molar-refractivity contribution in [3.05, 3.63) is 64.9 Å². The van der Waals surface area contributed by atoms with Crippen molar-refractivity contribution in [2.75, 3.05) is 0 Å². The molecular weight excluding hydrogens is 368 g/mol. The molecule has 2 N–H and O–H groups in total. The van der Waals surface area contributed by atoms with Crippen molar-refractivity contribution in [2.24, 2.45) is 0 Å². The molecule has 0 spiro atoms. The van der Waals surface area contributed by atoms with Gasteiger partial charge in [-0.3, -0.25) is 14.2 Å². The van der Waals surface area contributed by atoms with Crippen LogP contribution >= 0.6 is 0 Å². The summed E-state index contributed by atoms with van der Waals surface area (Å²) in [4.78, 5) is 24.9. The molecule has 0 saturated carbocycles. The predicted molar refractivity (Wildman–Crippen MR) is 99.7 cm³/mol. The van der Waals surface area contributed by atoms with Gasteiger partial charge in [0.05, 0.1) is 11.4 Å². The lowest BCUT2D eigenvalue weighted by molar-refractivity contribution is -0.139. The van der Waals surface area contributed by atoms with Gasteiger partial charge in [0, 0.05) is 22.7 Å². The van der Waals surface area contributed by atoms with Gasteiger partial charge in [-0.2, -0.15) is 0 Å². The average molecular weight is 387 g/mol. The molecule has 1 heterocycles. The van der Waals surface area contributed by atoms with Crippen LogP contribution in [0, 0.1) is 18.6 Å². The van der Waals surface area contributed by atoms with Crippen LogP contribution in [0.15, 0.2) is 36.4 Å². The van der Waals surface area contributed by atoms with E-state index < -0.39 is 35.2 Å². The zero-order chi connectivity index (χ0) is 20.6. The second-order valence-electron chi connectivity index (χ2n) is 6.65. The van der Waals surface area contributed by atoms with Crippen molar-refractivity contribution < 1.29 is 28.6 Å². The number of carboxylic acids is 1. The molecular formula is C21H19F2NO4. The molecule has 3 aromatic rings. The smallest absolute Gasteiger partial charge is 0.311 e. The first-order valence-corrected chi connectivity index (χ1v) is 8.82. The zero-order valence-corrected chi connectivity index (χ0v) is 15.4. The van der Waals surface area contributed by atoms with Crippen LogP contribution in [0.25, 0.3) is 10.9 Å². The Morgan fingerprint density at radius 2 is 1.79 bits per heavy atom. The minimum Gasteiger partial charge on any atom is -0.505 e. The van der Waals surface area contributed by atoms with Crippen LogP contribution in [0.2, 0.25) is 0 Å². The van der Waals surface area contributed by atoms with Crippen LogP contribution in [0.4, 0.5) is 8.78 Å². The highest BCUT2D eigenvalue weighted by molar-refractivity contribution is 6.05. The van der Waals surface area contributed by atoms with Gasteiger partial charge in [-0.1, -0.05) is 13.3 Å². The van der Waals surface area contributed by atoms with Gasteiger partial charge in [-0.15, -0.1) is 0 Å². The summed E-state index contributed by atoms with van der Waals surface area (Å²) in [6.07, 6.45) is 0.903. The van der Waals surface area contributed by atoms with Crippen LogP contribution in [-0.4, -0.2) is 26.7 Å². The van der Waals surface area contributed by atoms with E-state index in [0.717, 1.165) is 24.3 Å². The number of rotatable bonds is 5. The molecule has 2 aromatic carbocycles. The molecule has 1 unspecified atom stereocenters. The topological polar surface area (TPSA) is 79.5 Å². The van der Waals surface area contributed by atoms with E-state index in [4.69, 9.17) is 0 Å². The van der Waals surface area contributed by atoms with E-state index in [9.17, 15) is 28.6 Å². The van der Waals surface area contributed by atoms with Crippen molar-refractivity contribution in [1.29, 1.82) is 0 Å². The number of aromatic hydroxyl groups is 1. The molecule has 0 aliphatic heterocycles. The number of carboxylic acid groups (broad SMARTS) is 1. The SMILES string of the molecule is CCCC(C(=O)O)c1c(C)n(C(=O)c2ccc(F)cc2)c2cc(F)c(O)cc12. The summed E-state index contributed by atoms with van der Waals surface area (Å²) in [5.41, 5.74) is 1.02. The number of halogens is 2. The Morgan fingerprint density at radius 1 is 1.14 bits per heavy atom. The predicted octanol–water partition coefficient (Wildman–Crippen LogP) is 4.59. The van der Waals surface area contributed by atoms with Gasteiger partial charge < -0.3 is 10.2 Å². The fraction of sp³-hybridized carbons (Fsp3) is 0.238. The third-order valence-electron chi connectivity index (χ3n) is 4.84. The summed E-state index contributed by atoms with van der Waals surface area (Å²) in [5, 5.41) is 19.8. The lowest BCUT2D eigenvalue weighted by Crippen LogP contribution is -2.16. The summed E-state index contributed by atoms with van der Waals surface area (Å²) in [6.45, 7) is 3.42. The summed E-state index contributed by atoms with van der Waals surface area (Å²) >= 11 is 0. The van der Waals surface area contributed by atoms with E-state index in [1.165, 1.54) is 16.7 Å². The fourth-order valence-corrected chi connectivity index (χ4v) is 3.55. The Labute approximate surface area is 159 Å². The Hall–Kier alpha value is -3.22. The quantitative estimate of drug-likeness (QED) is 0.671. The number of fused-ring (bicyclic) bond motifs is 1. The van der Waals surface area contributed by atoms with Crippen LogP contribution in [-0.2, 0) is 4.79 Å². The largest absolute Gasteiger partial charge is 0.505 e. The van der Waals surface area contributed by atoms with Gasteiger partial charge in [-0.25, -0.2) is 8.78 Å². The van der Waals surface area contributed by atoms with Gasteiger partial charge in [-0.05, 0) is 49.2 Å². The number of hydrogen-bond acceptors (Lipinski definition) is 3. The Balaban J connectivity index is 2.32. The first-order chi connectivity index (χ1) is 13.3. The minimum atomic E-state index is -1.07. The summed E-state index contributed by atoms with van der Waals surface area (Å²) < 4.78 is 28.5. The Kier molecular flexibility index (Phi) is 5.18. The molecule has 28 heavy (non-hydrogen) atoms. The maximum Gasteiger partial charge on any atom is 0.311 e. The highest BCUT2D eigenvalue weighted by atomic mass is 19.1. The summed E-state index contributed by atoms with van der Waals surface area (Å²) in [5.74, 6) is -4.58. The first kappa shape index (κ1) is 19.5. The Bertz CT molecular complexity index is 1070. The number of hydrogen-bond donors (Lipinski definition) is 2. The number of nitrogens with zero attached hydrogens (tertiary/aromatic N) is 1. The van der Waals surface area contributed by atoms with Crippen LogP contribution in [0.3, 0.4) is 0 Å². The second-order valence-corrected chi connectivity index (χ2v) is 6.65. The monoisotopic (exact) mass is 387 g/mol. The lowest BCUT2D eigenvalue weighted by Gasteiger charge is -2.13. The van der Waals surface area contributed by atoms with Crippen molar-refractivity contribution in [2.45, 2.75) is 32.6 Å². The van der Waals surface area contributed by atoms with E-state index in [-0.39, 0.29) is 11.1 Å². The molecule has 0 aliphatic rings. The van der Waals surface area contributed by atoms with Gasteiger partial charge in [0.25, 0.3) is 5.91 Å². The van der Waals surface area contributed by atoms with E-state index in [0.29, 0.717) is 29.5 Å². The normalized spacial score (nSPS) is 12.3. The number of aliphatic carboxylic acids is 1. The van der Waals surface area contributed by atoms with E-state index >= 15 is 0 Å². The van der Waals surface area contributed by atoms with E-state index in [2.05, 4.69) is 0 Å². The number of phenols is 1. The molecule has 0 radical (unpaired) electrons. The second kappa shape index (κ2) is 7.42. The summed E-state index contributed by atoms with van der Waals surface area (Å²) in [7, 11) is 0. The van der Waals surface area contributed by atoms with Gasteiger partial charge in [0.2, 0.25) is 0 Å². The van der Waals surface area contributed by atoms with Crippen LogP contribution in [0.1, 0.15) is 47.3 Å².